The average molecular weight is 612 g/mol. The van der Waals surface area contributed by atoms with Crippen molar-refractivity contribution < 1.29 is 23.8 Å². The van der Waals surface area contributed by atoms with Gasteiger partial charge in [0.2, 0.25) is 11.8 Å². The zero-order valence-corrected chi connectivity index (χ0v) is 28.7. The fraction of sp³-hybridized carbons (Fsp3) is 0.943. The van der Waals surface area contributed by atoms with Crippen molar-refractivity contribution in [2.45, 2.75) is 131 Å². The molecule has 0 aliphatic carbocycles. The van der Waals surface area contributed by atoms with Gasteiger partial charge in [-0.1, -0.05) is 92.4 Å². The standard InChI is InChI=1S/C35H69N3O5/c1-29(2)12-6-13-30(3)14-7-15-31(4)16-8-17-32(5)28-34(39)38-21-9-18-33(38)35(40)37-20-11-23-42-25-27-43-26-24-41-22-10-19-36/h29-33H,6-28,36H2,1-5H3,(H,37,40). The molecule has 43 heavy (non-hydrogen) atoms. The topological polar surface area (TPSA) is 103 Å². The molecule has 0 spiro atoms. The van der Waals surface area contributed by atoms with Crippen LogP contribution >= 0.6 is 0 Å². The fourth-order valence-corrected chi connectivity index (χ4v) is 5.88. The maximum absolute atomic E-state index is 13.1. The normalized spacial score (nSPS) is 17.4. The van der Waals surface area contributed by atoms with Gasteiger partial charge in [0.05, 0.1) is 26.4 Å². The number of rotatable bonds is 28. The highest BCUT2D eigenvalue weighted by Crippen LogP contribution is 2.24. The summed E-state index contributed by atoms with van der Waals surface area (Å²) in [7, 11) is 0. The predicted octanol–water partition coefficient (Wildman–Crippen LogP) is 6.35. The van der Waals surface area contributed by atoms with E-state index in [0.717, 1.165) is 49.9 Å². The van der Waals surface area contributed by atoms with Crippen LogP contribution in [0.4, 0.5) is 0 Å². The first-order valence-electron chi connectivity index (χ1n) is 17.7. The van der Waals surface area contributed by atoms with Crippen LogP contribution in [-0.2, 0) is 23.8 Å². The monoisotopic (exact) mass is 612 g/mol. The predicted molar refractivity (Wildman–Crippen MR) is 177 cm³/mol. The van der Waals surface area contributed by atoms with E-state index >= 15 is 0 Å². The molecule has 1 saturated heterocycles. The number of nitrogens with zero attached hydrogens (tertiary/aromatic N) is 1. The fourth-order valence-electron chi connectivity index (χ4n) is 5.88. The Morgan fingerprint density at radius 3 is 1.79 bits per heavy atom. The van der Waals surface area contributed by atoms with Crippen LogP contribution in [-0.4, -0.2) is 82.0 Å². The van der Waals surface area contributed by atoms with Gasteiger partial charge in [-0.05, 0) is 55.9 Å². The molecule has 254 valence electrons. The van der Waals surface area contributed by atoms with Gasteiger partial charge >= 0.3 is 0 Å². The third-order valence-corrected chi connectivity index (χ3v) is 8.67. The minimum absolute atomic E-state index is 0.0282. The number of ether oxygens (including phenoxy) is 3. The van der Waals surface area contributed by atoms with Crippen molar-refractivity contribution >= 4 is 11.8 Å². The molecule has 1 aliphatic rings. The first-order valence-corrected chi connectivity index (χ1v) is 17.7. The van der Waals surface area contributed by atoms with E-state index in [2.05, 4.69) is 39.9 Å². The highest BCUT2D eigenvalue weighted by Gasteiger charge is 2.34. The maximum atomic E-state index is 13.1. The largest absolute Gasteiger partial charge is 0.379 e. The Hall–Kier alpha value is -1.22. The lowest BCUT2D eigenvalue weighted by Crippen LogP contribution is -2.46. The van der Waals surface area contributed by atoms with Gasteiger partial charge in [-0.2, -0.15) is 0 Å². The zero-order chi connectivity index (χ0) is 31.7. The number of likely N-dealkylation sites (tertiary alicyclic amines) is 1. The molecule has 0 radical (unpaired) electrons. The van der Waals surface area contributed by atoms with Crippen LogP contribution in [0.3, 0.4) is 0 Å². The van der Waals surface area contributed by atoms with E-state index < -0.39 is 0 Å². The molecule has 1 rings (SSSR count). The van der Waals surface area contributed by atoms with E-state index in [1.807, 2.05) is 4.90 Å². The Balaban J connectivity index is 2.11. The second-order valence-electron chi connectivity index (χ2n) is 13.6. The molecule has 0 aromatic carbocycles. The molecule has 1 aliphatic heterocycles. The number of hydrogen-bond donors (Lipinski definition) is 2. The van der Waals surface area contributed by atoms with Crippen LogP contribution in [0.25, 0.3) is 0 Å². The minimum atomic E-state index is -0.325. The number of amides is 2. The first-order chi connectivity index (χ1) is 20.7. The van der Waals surface area contributed by atoms with Gasteiger partial charge in [0.25, 0.3) is 0 Å². The van der Waals surface area contributed by atoms with E-state index in [0.29, 0.717) is 71.6 Å². The molecule has 8 nitrogen and oxygen atoms in total. The Kier molecular flexibility index (Phi) is 24.1. The van der Waals surface area contributed by atoms with Crippen LogP contribution < -0.4 is 11.1 Å². The van der Waals surface area contributed by atoms with Crippen molar-refractivity contribution in [1.29, 1.82) is 0 Å². The lowest BCUT2D eigenvalue weighted by molar-refractivity contribution is -0.139. The van der Waals surface area contributed by atoms with Gasteiger partial charge < -0.3 is 30.2 Å². The lowest BCUT2D eigenvalue weighted by atomic mass is 9.90. The van der Waals surface area contributed by atoms with E-state index in [1.165, 1.54) is 51.4 Å². The molecule has 0 aromatic rings. The summed E-state index contributed by atoms with van der Waals surface area (Å²) in [6, 6.07) is -0.325. The summed E-state index contributed by atoms with van der Waals surface area (Å²) < 4.78 is 16.4. The lowest BCUT2D eigenvalue weighted by Gasteiger charge is -2.25. The smallest absolute Gasteiger partial charge is 0.242 e. The second-order valence-corrected chi connectivity index (χ2v) is 13.6. The average Bonchev–Trinajstić information content (AvgIpc) is 3.46. The van der Waals surface area contributed by atoms with Gasteiger partial charge in [0.1, 0.15) is 6.04 Å². The summed E-state index contributed by atoms with van der Waals surface area (Å²) in [4.78, 5) is 27.7. The Morgan fingerprint density at radius 1 is 0.721 bits per heavy atom. The number of nitrogens with one attached hydrogen (secondary N) is 1. The van der Waals surface area contributed by atoms with Crippen LogP contribution in [0.15, 0.2) is 0 Å². The van der Waals surface area contributed by atoms with Crippen molar-refractivity contribution in [2.24, 2.45) is 29.4 Å². The molecule has 1 heterocycles. The molecule has 0 bridgehead atoms. The van der Waals surface area contributed by atoms with Crippen molar-refractivity contribution in [3.8, 4) is 0 Å². The third kappa shape index (κ3) is 21.2. The van der Waals surface area contributed by atoms with E-state index in [9.17, 15) is 9.59 Å². The Labute approximate surface area is 264 Å². The summed E-state index contributed by atoms with van der Waals surface area (Å²) in [5.74, 6) is 2.89. The molecule has 2 amide bonds. The zero-order valence-electron chi connectivity index (χ0n) is 28.7. The Bertz CT molecular complexity index is 692. The first kappa shape index (κ1) is 39.8. The number of nitrogens with two attached hydrogens (primary N) is 1. The summed E-state index contributed by atoms with van der Waals surface area (Å²) in [5.41, 5.74) is 5.42. The van der Waals surface area contributed by atoms with Crippen molar-refractivity contribution in [1.82, 2.24) is 10.2 Å². The molecule has 1 fully saturated rings. The van der Waals surface area contributed by atoms with Gasteiger partial charge in [0.15, 0.2) is 0 Å². The number of hydrogen-bond acceptors (Lipinski definition) is 6. The van der Waals surface area contributed by atoms with Gasteiger partial charge in [-0.15, -0.1) is 0 Å². The van der Waals surface area contributed by atoms with E-state index in [1.54, 1.807) is 0 Å². The number of carbonyl (C=O) groups excluding carboxylic acids is 2. The van der Waals surface area contributed by atoms with E-state index in [4.69, 9.17) is 19.9 Å². The molecular weight excluding hydrogens is 542 g/mol. The summed E-state index contributed by atoms with van der Waals surface area (Å²) in [5, 5.41) is 3.01. The second kappa shape index (κ2) is 26.0. The highest BCUT2D eigenvalue weighted by molar-refractivity contribution is 5.88. The van der Waals surface area contributed by atoms with Gasteiger partial charge in [0, 0.05) is 32.7 Å². The van der Waals surface area contributed by atoms with Gasteiger partial charge in [-0.3, -0.25) is 9.59 Å². The number of carbonyl (C=O) groups is 2. The molecular formula is C35H69N3O5. The third-order valence-electron chi connectivity index (χ3n) is 8.67. The van der Waals surface area contributed by atoms with Crippen LogP contribution in [0.1, 0.15) is 125 Å². The molecule has 4 unspecified atom stereocenters. The SMILES string of the molecule is CC(C)CCCC(C)CCCC(C)CCCC(C)CC(=O)N1CCCC1C(=O)NCCCOCCOCCOCCCN. The van der Waals surface area contributed by atoms with Crippen LogP contribution in [0.2, 0.25) is 0 Å². The molecule has 0 saturated carbocycles. The quantitative estimate of drug-likeness (QED) is 0.100. The van der Waals surface area contributed by atoms with Crippen molar-refractivity contribution in [3.05, 3.63) is 0 Å². The Morgan fingerprint density at radius 2 is 1.23 bits per heavy atom. The minimum Gasteiger partial charge on any atom is -0.379 e. The van der Waals surface area contributed by atoms with Crippen molar-refractivity contribution in [2.75, 3.05) is 59.3 Å². The summed E-state index contributed by atoms with van der Waals surface area (Å²) >= 11 is 0. The molecule has 8 heteroatoms. The highest BCUT2D eigenvalue weighted by atomic mass is 16.5. The molecule has 0 aromatic heterocycles. The maximum Gasteiger partial charge on any atom is 0.242 e. The van der Waals surface area contributed by atoms with Gasteiger partial charge in [-0.25, -0.2) is 0 Å². The van der Waals surface area contributed by atoms with E-state index in [-0.39, 0.29) is 17.9 Å². The summed E-state index contributed by atoms with van der Waals surface area (Å²) in [6.45, 7) is 16.9. The summed E-state index contributed by atoms with van der Waals surface area (Å²) in [6.07, 6.45) is 15.4. The molecule has 4 atom stereocenters. The van der Waals surface area contributed by atoms with Crippen LogP contribution in [0.5, 0.6) is 0 Å². The van der Waals surface area contributed by atoms with Crippen LogP contribution in [0, 0.1) is 23.7 Å². The van der Waals surface area contributed by atoms with Crippen molar-refractivity contribution in [3.63, 3.8) is 0 Å². The molecule has 3 N–H and O–H groups in total.